The molecule has 5 nitrogen and oxygen atoms in total. The van der Waals surface area contributed by atoms with Gasteiger partial charge in [0.05, 0.1) is 0 Å². The van der Waals surface area contributed by atoms with Gasteiger partial charge in [-0.3, -0.25) is 4.79 Å². The largest absolute Gasteiger partial charge is 0.480 e. The van der Waals surface area contributed by atoms with Crippen LogP contribution in [0.1, 0.15) is 29.6 Å². The second-order valence-electron chi connectivity index (χ2n) is 7.12. The monoisotopic (exact) mass is 374 g/mol. The fraction of sp³-hybridized carbons (Fsp3) is 0.217. The summed E-state index contributed by atoms with van der Waals surface area (Å²) in [6.07, 6.45) is 1.76. The standard InChI is InChI=1S/C23H22N2O3/c24-13-2-1-6-19(23(27)28)25-22(26)18-12-10-16-8-7-14-4-3-5-15-9-11-17(18)21(16)20(14)15/h3-5,7-12,19H,1-2,6,13,24H2,(H,25,26)(H,27,28)/t19-/m0/s1. The summed E-state index contributed by atoms with van der Waals surface area (Å²) >= 11 is 0. The fourth-order valence-electron chi connectivity index (χ4n) is 3.92. The van der Waals surface area contributed by atoms with Crippen LogP contribution in [-0.2, 0) is 4.79 Å². The highest BCUT2D eigenvalue weighted by atomic mass is 16.4. The zero-order chi connectivity index (χ0) is 19.7. The van der Waals surface area contributed by atoms with Crippen LogP contribution in [-0.4, -0.2) is 29.6 Å². The average Bonchev–Trinajstić information content (AvgIpc) is 2.71. The molecule has 4 aromatic rings. The highest BCUT2D eigenvalue weighted by molar-refractivity contribution is 6.26. The molecule has 0 saturated heterocycles. The van der Waals surface area contributed by atoms with E-state index in [1.807, 2.05) is 24.3 Å². The Labute approximate surface area is 162 Å². The molecule has 0 heterocycles. The van der Waals surface area contributed by atoms with Crippen LogP contribution < -0.4 is 11.1 Å². The van der Waals surface area contributed by atoms with Gasteiger partial charge in [0.2, 0.25) is 0 Å². The lowest BCUT2D eigenvalue weighted by Gasteiger charge is -2.17. The van der Waals surface area contributed by atoms with Gasteiger partial charge in [-0.2, -0.15) is 0 Å². The Morgan fingerprint density at radius 2 is 1.54 bits per heavy atom. The van der Waals surface area contributed by atoms with Crippen molar-refractivity contribution in [1.82, 2.24) is 5.32 Å². The first-order chi connectivity index (χ1) is 13.6. The first kappa shape index (κ1) is 18.2. The molecule has 1 atom stereocenters. The minimum atomic E-state index is -1.02. The molecule has 0 radical (unpaired) electrons. The average molecular weight is 374 g/mol. The minimum Gasteiger partial charge on any atom is -0.480 e. The van der Waals surface area contributed by atoms with E-state index >= 15 is 0 Å². The highest BCUT2D eigenvalue weighted by Gasteiger charge is 2.22. The Morgan fingerprint density at radius 3 is 2.21 bits per heavy atom. The minimum absolute atomic E-state index is 0.363. The van der Waals surface area contributed by atoms with E-state index in [4.69, 9.17) is 5.73 Å². The number of carboxylic acids is 1. The van der Waals surface area contributed by atoms with Gasteiger partial charge < -0.3 is 16.2 Å². The number of carbonyl (C=O) groups excluding carboxylic acids is 1. The SMILES string of the molecule is NCCCC[C@H](NC(=O)c1ccc2ccc3cccc4ccc1c2c34)C(=O)O. The number of carboxylic acid groups (broad SMARTS) is 1. The molecule has 4 N–H and O–H groups in total. The summed E-state index contributed by atoms with van der Waals surface area (Å²) < 4.78 is 0. The Kier molecular flexibility index (Phi) is 4.84. The van der Waals surface area contributed by atoms with Crippen molar-refractivity contribution in [2.75, 3.05) is 6.54 Å². The van der Waals surface area contributed by atoms with Crippen LogP contribution in [0.3, 0.4) is 0 Å². The summed E-state index contributed by atoms with van der Waals surface area (Å²) in [5.41, 5.74) is 5.98. The van der Waals surface area contributed by atoms with E-state index in [0.29, 0.717) is 24.9 Å². The maximum atomic E-state index is 12.9. The van der Waals surface area contributed by atoms with E-state index in [-0.39, 0.29) is 5.91 Å². The van der Waals surface area contributed by atoms with Crippen LogP contribution in [0.25, 0.3) is 32.3 Å². The van der Waals surface area contributed by atoms with Crippen LogP contribution in [0.2, 0.25) is 0 Å². The molecule has 0 bridgehead atoms. The number of unbranched alkanes of at least 4 members (excludes halogenated alkanes) is 1. The smallest absolute Gasteiger partial charge is 0.326 e. The third-order valence-corrected chi connectivity index (χ3v) is 5.32. The second-order valence-corrected chi connectivity index (χ2v) is 7.12. The molecule has 0 saturated carbocycles. The number of nitrogens with two attached hydrogens (primary N) is 1. The van der Waals surface area contributed by atoms with E-state index in [1.165, 1.54) is 0 Å². The summed E-state index contributed by atoms with van der Waals surface area (Å²) in [6, 6.07) is 17.0. The predicted molar refractivity (Wildman–Crippen MR) is 112 cm³/mol. The van der Waals surface area contributed by atoms with Crippen LogP contribution in [0.5, 0.6) is 0 Å². The fourth-order valence-corrected chi connectivity index (χ4v) is 3.92. The van der Waals surface area contributed by atoms with Gasteiger partial charge in [0, 0.05) is 5.56 Å². The number of aliphatic carboxylic acids is 1. The van der Waals surface area contributed by atoms with E-state index in [1.54, 1.807) is 6.07 Å². The lowest BCUT2D eigenvalue weighted by Crippen LogP contribution is -2.40. The molecule has 0 fully saturated rings. The molecule has 0 unspecified atom stereocenters. The van der Waals surface area contributed by atoms with Gasteiger partial charge in [-0.05, 0) is 64.2 Å². The molecule has 0 aromatic heterocycles. The van der Waals surface area contributed by atoms with Gasteiger partial charge in [0.15, 0.2) is 0 Å². The summed E-state index contributed by atoms with van der Waals surface area (Å²) in [6.45, 7) is 0.509. The maximum absolute atomic E-state index is 12.9. The van der Waals surface area contributed by atoms with Crippen LogP contribution in [0.15, 0.2) is 54.6 Å². The molecule has 4 aromatic carbocycles. The van der Waals surface area contributed by atoms with Crippen molar-refractivity contribution in [3.05, 3.63) is 60.2 Å². The predicted octanol–water partition coefficient (Wildman–Crippen LogP) is 3.90. The normalized spacial score (nSPS) is 12.6. The van der Waals surface area contributed by atoms with Gasteiger partial charge in [0.25, 0.3) is 5.91 Å². The Hall–Kier alpha value is -3.18. The molecule has 0 spiro atoms. The lowest BCUT2D eigenvalue weighted by molar-refractivity contribution is -0.139. The van der Waals surface area contributed by atoms with E-state index in [9.17, 15) is 14.7 Å². The van der Waals surface area contributed by atoms with Gasteiger partial charge in [-0.1, -0.05) is 48.5 Å². The van der Waals surface area contributed by atoms with Gasteiger partial charge in [0.1, 0.15) is 6.04 Å². The lowest BCUT2D eigenvalue weighted by atomic mass is 9.91. The Balaban J connectivity index is 1.75. The topological polar surface area (TPSA) is 92.4 Å². The molecule has 5 heteroatoms. The van der Waals surface area contributed by atoms with E-state index in [0.717, 1.165) is 38.7 Å². The van der Waals surface area contributed by atoms with Crippen molar-refractivity contribution in [2.45, 2.75) is 25.3 Å². The Morgan fingerprint density at radius 1 is 0.893 bits per heavy atom. The number of carbonyl (C=O) groups is 2. The summed E-state index contributed by atoms with van der Waals surface area (Å²) in [7, 11) is 0. The zero-order valence-corrected chi connectivity index (χ0v) is 15.4. The molecule has 1 amide bonds. The van der Waals surface area contributed by atoms with Crippen molar-refractivity contribution in [3.8, 4) is 0 Å². The summed E-state index contributed by atoms with van der Waals surface area (Å²) in [5, 5.41) is 18.5. The summed E-state index contributed by atoms with van der Waals surface area (Å²) in [4.78, 5) is 24.5. The first-order valence-electron chi connectivity index (χ1n) is 9.50. The molecule has 0 aliphatic rings. The van der Waals surface area contributed by atoms with Gasteiger partial charge in [-0.15, -0.1) is 0 Å². The Bertz CT molecular complexity index is 1150. The molecular formula is C23H22N2O3. The van der Waals surface area contributed by atoms with Crippen molar-refractivity contribution in [1.29, 1.82) is 0 Å². The third-order valence-electron chi connectivity index (χ3n) is 5.32. The van der Waals surface area contributed by atoms with Crippen LogP contribution in [0.4, 0.5) is 0 Å². The molecule has 28 heavy (non-hydrogen) atoms. The van der Waals surface area contributed by atoms with Gasteiger partial charge >= 0.3 is 5.97 Å². The molecule has 4 rings (SSSR count). The van der Waals surface area contributed by atoms with Crippen LogP contribution in [0, 0.1) is 0 Å². The third kappa shape index (κ3) is 3.14. The first-order valence-corrected chi connectivity index (χ1v) is 9.50. The molecule has 0 aliphatic carbocycles. The van der Waals surface area contributed by atoms with Crippen LogP contribution >= 0.6 is 0 Å². The van der Waals surface area contributed by atoms with Crippen molar-refractivity contribution >= 4 is 44.2 Å². The second kappa shape index (κ2) is 7.44. The number of hydrogen-bond donors (Lipinski definition) is 3. The highest BCUT2D eigenvalue weighted by Crippen LogP contribution is 2.35. The molecule has 142 valence electrons. The molecule has 0 aliphatic heterocycles. The van der Waals surface area contributed by atoms with Crippen molar-refractivity contribution < 1.29 is 14.7 Å². The summed E-state index contributed by atoms with van der Waals surface area (Å²) in [5.74, 6) is -1.39. The number of benzene rings is 4. The molecular weight excluding hydrogens is 352 g/mol. The maximum Gasteiger partial charge on any atom is 0.326 e. The van der Waals surface area contributed by atoms with E-state index < -0.39 is 12.0 Å². The van der Waals surface area contributed by atoms with Crippen molar-refractivity contribution in [2.24, 2.45) is 5.73 Å². The number of nitrogens with one attached hydrogen (secondary N) is 1. The zero-order valence-electron chi connectivity index (χ0n) is 15.4. The quantitative estimate of drug-likeness (QED) is 0.338. The number of hydrogen-bond acceptors (Lipinski definition) is 3. The number of rotatable bonds is 7. The number of amides is 1. The van der Waals surface area contributed by atoms with E-state index in [2.05, 4.69) is 29.6 Å². The van der Waals surface area contributed by atoms with Gasteiger partial charge in [-0.25, -0.2) is 4.79 Å². The van der Waals surface area contributed by atoms with Crippen molar-refractivity contribution in [3.63, 3.8) is 0 Å².